The lowest BCUT2D eigenvalue weighted by Crippen LogP contribution is -2.37. The van der Waals surface area contributed by atoms with Gasteiger partial charge in [-0.25, -0.2) is 9.59 Å². The molecule has 6 nitrogen and oxygen atoms in total. The van der Waals surface area contributed by atoms with Gasteiger partial charge in [-0.2, -0.15) is 0 Å². The number of hydrogen-bond donors (Lipinski definition) is 2. The first-order chi connectivity index (χ1) is 7.59. The monoisotopic (exact) mass is 230 g/mol. The fourth-order valence-electron chi connectivity index (χ4n) is 1.66. The van der Waals surface area contributed by atoms with Crippen molar-refractivity contribution in [1.82, 2.24) is 10.2 Å². The molecule has 0 atom stereocenters. The molecule has 1 aliphatic rings. The molecule has 0 radical (unpaired) electrons. The van der Waals surface area contributed by atoms with Crippen molar-refractivity contribution in [2.45, 2.75) is 31.8 Å². The van der Waals surface area contributed by atoms with E-state index in [0.717, 1.165) is 25.7 Å². The predicted molar refractivity (Wildman–Crippen MR) is 57.4 cm³/mol. The maximum Gasteiger partial charge on any atom is 0.409 e. The molecule has 1 saturated carbocycles. The van der Waals surface area contributed by atoms with Gasteiger partial charge >= 0.3 is 12.2 Å². The molecule has 0 aliphatic heterocycles. The molecule has 2 amide bonds. The minimum absolute atomic E-state index is 0.0439. The lowest BCUT2D eigenvalue weighted by Gasteiger charge is -2.19. The molecule has 1 aliphatic carbocycles. The van der Waals surface area contributed by atoms with Crippen molar-refractivity contribution in [3.63, 3.8) is 0 Å². The van der Waals surface area contributed by atoms with Crippen molar-refractivity contribution < 1.29 is 19.4 Å². The summed E-state index contributed by atoms with van der Waals surface area (Å²) in [6, 6.07) is 0. The summed E-state index contributed by atoms with van der Waals surface area (Å²) in [5.74, 6) is 0. The Labute approximate surface area is 94.6 Å². The third-order valence-electron chi connectivity index (χ3n) is 2.60. The number of rotatable bonds is 4. The number of hydrogen-bond acceptors (Lipinski definition) is 3. The van der Waals surface area contributed by atoms with Crippen LogP contribution in [0.5, 0.6) is 0 Å². The fraction of sp³-hybridized carbons (Fsp3) is 0.800. The molecule has 0 aromatic carbocycles. The van der Waals surface area contributed by atoms with E-state index in [1.54, 1.807) is 7.05 Å². The molecule has 0 spiro atoms. The first kappa shape index (κ1) is 12.6. The van der Waals surface area contributed by atoms with Crippen molar-refractivity contribution in [3.8, 4) is 0 Å². The number of carbonyl (C=O) groups is 2. The molecule has 92 valence electrons. The van der Waals surface area contributed by atoms with Crippen molar-refractivity contribution in [2.75, 3.05) is 20.1 Å². The standard InChI is InChI=1S/C10H18N2O4/c1-12(7-6-11-9(13)14)10(15)16-8-4-2-3-5-8/h8,11H,2-7H2,1H3,(H,13,14). The lowest BCUT2D eigenvalue weighted by molar-refractivity contribution is 0.0720. The van der Waals surface area contributed by atoms with Crippen LogP contribution in [0.1, 0.15) is 25.7 Å². The zero-order valence-corrected chi connectivity index (χ0v) is 9.44. The molecular formula is C10H18N2O4. The highest BCUT2D eigenvalue weighted by Crippen LogP contribution is 2.21. The van der Waals surface area contributed by atoms with E-state index in [1.807, 2.05) is 0 Å². The second-order valence-electron chi connectivity index (χ2n) is 3.94. The number of nitrogens with one attached hydrogen (secondary N) is 1. The summed E-state index contributed by atoms with van der Waals surface area (Å²) in [5, 5.41) is 10.5. The molecule has 16 heavy (non-hydrogen) atoms. The molecule has 6 heteroatoms. The van der Waals surface area contributed by atoms with Gasteiger partial charge in [-0.3, -0.25) is 0 Å². The first-order valence-corrected chi connectivity index (χ1v) is 5.48. The number of ether oxygens (including phenoxy) is 1. The number of amides is 2. The van der Waals surface area contributed by atoms with Crippen LogP contribution in [0, 0.1) is 0 Å². The van der Waals surface area contributed by atoms with E-state index in [4.69, 9.17) is 9.84 Å². The average molecular weight is 230 g/mol. The largest absolute Gasteiger partial charge is 0.465 e. The van der Waals surface area contributed by atoms with E-state index in [2.05, 4.69) is 5.32 Å². The third-order valence-corrected chi connectivity index (χ3v) is 2.60. The van der Waals surface area contributed by atoms with Gasteiger partial charge in [-0.15, -0.1) is 0 Å². The van der Waals surface area contributed by atoms with Gasteiger partial charge in [0.05, 0.1) is 0 Å². The van der Waals surface area contributed by atoms with Crippen LogP contribution in [0.2, 0.25) is 0 Å². The van der Waals surface area contributed by atoms with Crippen LogP contribution in [0.4, 0.5) is 9.59 Å². The van der Waals surface area contributed by atoms with Crippen molar-refractivity contribution in [1.29, 1.82) is 0 Å². The molecule has 0 unspecified atom stereocenters. The van der Waals surface area contributed by atoms with E-state index in [-0.39, 0.29) is 18.7 Å². The van der Waals surface area contributed by atoms with E-state index >= 15 is 0 Å². The number of carbonyl (C=O) groups excluding carboxylic acids is 1. The maximum absolute atomic E-state index is 11.5. The van der Waals surface area contributed by atoms with Gasteiger partial charge in [0, 0.05) is 20.1 Å². The van der Waals surface area contributed by atoms with Gasteiger partial charge in [-0.1, -0.05) is 0 Å². The van der Waals surface area contributed by atoms with E-state index in [9.17, 15) is 9.59 Å². The van der Waals surface area contributed by atoms with Gasteiger partial charge in [0.15, 0.2) is 0 Å². The topological polar surface area (TPSA) is 78.9 Å². The summed E-state index contributed by atoms with van der Waals surface area (Å²) < 4.78 is 5.24. The zero-order chi connectivity index (χ0) is 12.0. The highest BCUT2D eigenvalue weighted by atomic mass is 16.6. The minimum atomic E-state index is -1.09. The quantitative estimate of drug-likeness (QED) is 0.762. The highest BCUT2D eigenvalue weighted by Gasteiger charge is 2.20. The number of likely N-dealkylation sites (N-methyl/N-ethyl adjacent to an activating group) is 1. The molecule has 0 saturated heterocycles. The van der Waals surface area contributed by atoms with Crippen molar-refractivity contribution in [2.24, 2.45) is 0 Å². The van der Waals surface area contributed by atoms with Crippen LogP contribution in [-0.4, -0.2) is 48.4 Å². The SMILES string of the molecule is CN(CCNC(=O)O)C(=O)OC1CCCC1. The second-order valence-corrected chi connectivity index (χ2v) is 3.94. The summed E-state index contributed by atoms with van der Waals surface area (Å²) in [6.07, 6.45) is 2.68. The lowest BCUT2D eigenvalue weighted by atomic mass is 10.3. The van der Waals surface area contributed by atoms with E-state index in [0.29, 0.717) is 6.54 Å². The van der Waals surface area contributed by atoms with Crippen LogP contribution in [0.25, 0.3) is 0 Å². The minimum Gasteiger partial charge on any atom is -0.465 e. The summed E-state index contributed by atoms with van der Waals surface area (Å²) in [4.78, 5) is 23.1. The summed E-state index contributed by atoms with van der Waals surface area (Å²) in [7, 11) is 1.60. The summed E-state index contributed by atoms with van der Waals surface area (Å²) >= 11 is 0. The van der Waals surface area contributed by atoms with E-state index < -0.39 is 6.09 Å². The van der Waals surface area contributed by atoms with Crippen LogP contribution >= 0.6 is 0 Å². The van der Waals surface area contributed by atoms with Gasteiger partial charge in [0.2, 0.25) is 0 Å². The summed E-state index contributed by atoms with van der Waals surface area (Å²) in [6.45, 7) is 0.531. The fourth-order valence-corrected chi connectivity index (χ4v) is 1.66. The van der Waals surface area contributed by atoms with Crippen LogP contribution in [0.15, 0.2) is 0 Å². The summed E-state index contributed by atoms with van der Waals surface area (Å²) in [5.41, 5.74) is 0. The van der Waals surface area contributed by atoms with Gasteiger partial charge in [0.25, 0.3) is 0 Å². The Balaban J connectivity index is 2.16. The van der Waals surface area contributed by atoms with E-state index in [1.165, 1.54) is 4.90 Å². The van der Waals surface area contributed by atoms with Gasteiger partial charge in [-0.05, 0) is 25.7 Å². The molecule has 0 aromatic heterocycles. The highest BCUT2D eigenvalue weighted by molar-refractivity contribution is 5.68. The molecule has 2 N–H and O–H groups in total. The molecule has 0 bridgehead atoms. The average Bonchev–Trinajstić information content (AvgIpc) is 2.69. The Morgan fingerprint density at radius 1 is 1.44 bits per heavy atom. The first-order valence-electron chi connectivity index (χ1n) is 5.48. The molecule has 1 rings (SSSR count). The Morgan fingerprint density at radius 3 is 2.62 bits per heavy atom. The van der Waals surface area contributed by atoms with Crippen molar-refractivity contribution in [3.05, 3.63) is 0 Å². The van der Waals surface area contributed by atoms with Gasteiger partial charge in [0.1, 0.15) is 6.10 Å². The molecule has 0 heterocycles. The third kappa shape index (κ3) is 4.37. The van der Waals surface area contributed by atoms with Crippen LogP contribution in [0.3, 0.4) is 0 Å². The van der Waals surface area contributed by atoms with Crippen LogP contribution in [-0.2, 0) is 4.74 Å². The number of nitrogens with zero attached hydrogens (tertiary/aromatic N) is 1. The predicted octanol–water partition coefficient (Wildman–Crippen LogP) is 1.26. The smallest absolute Gasteiger partial charge is 0.409 e. The second kappa shape index (κ2) is 6.19. The molecular weight excluding hydrogens is 212 g/mol. The normalized spacial score (nSPS) is 15.8. The van der Waals surface area contributed by atoms with Crippen molar-refractivity contribution >= 4 is 12.2 Å². The molecule has 1 fully saturated rings. The number of carboxylic acid groups (broad SMARTS) is 1. The Hall–Kier alpha value is -1.46. The zero-order valence-electron chi connectivity index (χ0n) is 9.44. The van der Waals surface area contributed by atoms with Gasteiger partial charge < -0.3 is 20.1 Å². The Kier molecular flexibility index (Phi) is 4.88. The van der Waals surface area contributed by atoms with Crippen LogP contribution < -0.4 is 5.32 Å². The maximum atomic E-state index is 11.5. The Bertz CT molecular complexity index is 251. The molecule has 0 aromatic rings. The Morgan fingerprint density at radius 2 is 2.06 bits per heavy atom.